The highest BCUT2D eigenvalue weighted by Crippen LogP contribution is 2.22. The Morgan fingerprint density at radius 3 is 2.67 bits per heavy atom. The van der Waals surface area contributed by atoms with E-state index in [9.17, 15) is 4.79 Å². The fourth-order valence-corrected chi connectivity index (χ4v) is 1.85. The molecule has 0 amide bonds. The third kappa shape index (κ3) is 3.11. The first kappa shape index (κ1) is 11.8. The van der Waals surface area contributed by atoms with Crippen LogP contribution in [0, 0.1) is 5.92 Å². The third-order valence-electron chi connectivity index (χ3n) is 2.83. The van der Waals surface area contributed by atoms with Gasteiger partial charge in [-0.1, -0.05) is 5.11 Å². The zero-order valence-corrected chi connectivity index (χ0v) is 9.09. The van der Waals surface area contributed by atoms with Gasteiger partial charge in [-0.2, -0.15) is 0 Å². The molecule has 1 aliphatic rings. The summed E-state index contributed by atoms with van der Waals surface area (Å²) >= 11 is 0. The van der Waals surface area contributed by atoms with Gasteiger partial charge in [0.1, 0.15) is 6.04 Å². The second kappa shape index (κ2) is 5.58. The number of hydrogen-bond donors (Lipinski definition) is 0. The van der Waals surface area contributed by atoms with Crippen molar-refractivity contribution in [3.05, 3.63) is 10.4 Å². The molecule has 1 heterocycles. The first-order valence-electron chi connectivity index (χ1n) is 4.99. The van der Waals surface area contributed by atoms with Crippen LogP contribution in [0.3, 0.4) is 0 Å². The lowest BCUT2D eigenvalue weighted by atomic mass is 9.90. The molecule has 0 bridgehead atoms. The van der Waals surface area contributed by atoms with Gasteiger partial charge in [-0.3, -0.25) is 4.79 Å². The van der Waals surface area contributed by atoms with E-state index in [1.807, 2.05) is 7.05 Å². The molecule has 1 fully saturated rings. The highest BCUT2D eigenvalue weighted by molar-refractivity contribution is 5.76. The van der Waals surface area contributed by atoms with Gasteiger partial charge in [0.05, 0.1) is 7.11 Å². The topological polar surface area (TPSA) is 78.3 Å². The van der Waals surface area contributed by atoms with Crippen molar-refractivity contribution in [2.45, 2.75) is 18.9 Å². The van der Waals surface area contributed by atoms with E-state index in [0.717, 1.165) is 25.9 Å². The van der Waals surface area contributed by atoms with Crippen molar-refractivity contribution in [2.75, 3.05) is 27.2 Å². The Morgan fingerprint density at radius 2 is 2.20 bits per heavy atom. The van der Waals surface area contributed by atoms with Crippen molar-refractivity contribution < 1.29 is 9.53 Å². The molecule has 0 N–H and O–H groups in total. The zero-order valence-electron chi connectivity index (χ0n) is 9.09. The molecule has 0 spiro atoms. The van der Waals surface area contributed by atoms with Crippen LogP contribution in [-0.2, 0) is 9.53 Å². The monoisotopic (exact) mass is 212 g/mol. The molecule has 0 aromatic carbocycles. The smallest absolute Gasteiger partial charge is 0.314 e. The van der Waals surface area contributed by atoms with Gasteiger partial charge < -0.3 is 9.64 Å². The number of esters is 1. The van der Waals surface area contributed by atoms with Crippen molar-refractivity contribution in [1.82, 2.24) is 4.90 Å². The molecule has 1 aliphatic heterocycles. The first-order chi connectivity index (χ1) is 7.19. The maximum absolute atomic E-state index is 11.4. The molecule has 6 heteroatoms. The van der Waals surface area contributed by atoms with E-state index < -0.39 is 12.0 Å². The lowest BCUT2D eigenvalue weighted by molar-refractivity contribution is -0.143. The van der Waals surface area contributed by atoms with Crippen LogP contribution in [0.2, 0.25) is 0 Å². The van der Waals surface area contributed by atoms with Crippen LogP contribution in [0.25, 0.3) is 10.4 Å². The SMILES string of the molecule is COC(=O)C(N=[N+]=[N-])C1CCN(C)CC1. The summed E-state index contributed by atoms with van der Waals surface area (Å²) in [5, 5.41) is 3.53. The van der Waals surface area contributed by atoms with E-state index in [-0.39, 0.29) is 5.92 Å². The van der Waals surface area contributed by atoms with Gasteiger partial charge in [0, 0.05) is 4.91 Å². The Labute approximate surface area is 88.8 Å². The van der Waals surface area contributed by atoms with Crippen LogP contribution in [0.5, 0.6) is 0 Å². The van der Waals surface area contributed by atoms with Gasteiger partial charge in [-0.25, -0.2) is 0 Å². The van der Waals surface area contributed by atoms with Gasteiger partial charge in [-0.15, -0.1) is 0 Å². The summed E-state index contributed by atoms with van der Waals surface area (Å²) in [5.41, 5.74) is 8.40. The molecule has 1 rings (SSSR count). The van der Waals surface area contributed by atoms with Crippen molar-refractivity contribution >= 4 is 5.97 Å². The molecule has 1 atom stereocenters. The second-order valence-electron chi connectivity index (χ2n) is 3.81. The number of azide groups is 1. The predicted octanol–water partition coefficient (Wildman–Crippen LogP) is 1.18. The Hall–Kier alpha value is -1.26. The summed E-state index contributed by atoms with van der Waals surface area (Å²) in [6.07, 6.45) is 1.74. The Bertz CT molecular complexity index is 267. The van der Waals surface area contributed by atoms with E-state index in [0.29, 0.717) is 0 Å². The Kier molecular flexibility index (Phi) is 4.39. The van der Waals surface area contributed by atoms with Crippen LogP contribution in [0.1, 0.15) is 12.8 Å². The summed E-state index contributed by atoms with van der Waals surface area (Å²) in [5.74, 6) is -0.313. The zero-order chi connectivity index (χ0) is 11.3. The third-order valence-corrected chi connectivity index (χ3v) is 2.83. The van der Waals surface area contributed by atoms with Crippen LogP contribution >= 0.6 is 0 Å². The van der Waals surface area contributed by atoms with E-state index in [1.165, 1.54) is 7.11 Å². The summed E-state index contributed by atoms with van der Waals surface area (Å²) in [6, 6.07) is -0.659. The minimum atomic E-state index is -0.659. The highest BCUT2D eigenvalue weighted by Gasteiger charge is 2.30. The van der Waals surface area contributed by atoms with Gasteiger partial charge in [0.25, 0.3) is 0 Å². The Morgan fingerprint density at radius 1 is 1.60 bits per heavy atom. The molecule has 0 radical (unpaired) electrons. The van der Waals surface area contributed by atoms with Crippen LogP contribution in [0.4, 0.5) is 0 Å². The van der Waals surface area contributed by atoms with Gasteiger partial charge in [0.15, 0.2) is 0 Å². The number of nitrogens with zero attached hydrogens (tertiary/aromatic N) is 4. The first-order valence-corrected chi connectivity index (χ1v) is 4.99. The van der Waals surface area contributed by atoms with E-state index in [2.05, 4.69) is 19.7 Å². The number of ether oxygens (including phenoxy) is 1. The summed E-state index contributed by atoms with van der Waals surface area (Å²) in [7, 11) is 3.36. The molecular formula is C9H16N4O2. The van der Waals surface area contributed by atoms with Gasteiger partial charge in [0.2, 0.25) is 0 Å². The molecule has 0 saturated carbocycles. The fraction of sp³-hybridized carbons (Fsp3) is 0.889. The summed E-state index contributed by atoms with van der Waals surface area (Å²) < 4.78 is 4.63. The number of carbonyl (C=O) groups is 1. The van der Waals surface area contributed by atoms with Gasteiger partial charge in [-0.05, 0) is 44.4 Å². The molecule has 1 saturated heterocycles. The van der Waals surface area contributed by atoms with Crippen LogP contribution in [-0.4, -0.2) is 44.2 Å². The molecule has 0 aromatic rings. The molecule has 0 aliphatic carbocycles. The summed E-state index contributed by atoms with van der Waals surface area (Å²) in [6.45, 7) is 1.86. The van der Waals surface area contributed by atoms with E-state index >= 15 is 0 Å². The van der Waals surface area contributed by atoms with E-state index in [1.54, 1.807) is 0 Å². The molecule has 1 unspecified atom stereocenters. The van der Waals surface area contributed by atoms with Crippen LogP contribution < -0.4 is 0 Å². The molecule has 15 heavy (non-hydrogen) atoms. The lowest BCUT2D eigenvalue weighted by Gasteiger charge is -2.31. The minimum Gasteiger partial charge on any atom is -0.469 e. The Balaban J connectivity index is 2.64. The molecular weight excluding hydrogens is 196 g/mol. The average Bonchev–Trinajstić information content (AvgIpc) is 2.26. The number of methoxy groups -OCH3 is 1. The van der Waals surface area contributed by atoms with Crippen molar-refractivity contribution in [3.8, 4) is 0 Å². The number of hydrogen-bond acceptors (Lipinski definition) is 4. The second-order valence-corrected chi connectivity index (χ2v) is 3.81. The molecule has 0 aromatic heterocycles. The number of rotatable bonds is 3. The standard InChI is InChI=1S/C9H16N4O2/c1-13-5-3-7(4-6-13)8(11-12-10)9(14)15-2/h7-8H,3-6H2,1-2H3. The maximum atomic E-state index is 11.4. The predicted molar refractivity (Wildman–Crippen MR) is 55.2 cm³/mol. The van der Waals surface area contributed by atoms with Crippen molar-refractivity contribution in [2.24, 2.45) is 11.0 Å². The average molecular weight is 212 g/mol. The summed E-state index contributed by atoms with van der Waals surface area (Å²) in [4.78, 5) is 16.3. The number of piperidine rings is 1. The van der Waals surface area contributed by atoms with Crippen LogP contribution in [0.15, 0.2) is 5.11 Å². The number of carbonyl (C=O) groups excluding carboxylic acids is 1. The minimum absolute atomic E-state index is 0.115. The molecule has 84 valence electrons. The molecule has 6 nitrogen and oxygen atoms in total. The maximum Gasteiger partial charge on any atom is 0.314 e. The van der Waals surface area contributed by atoms with Crippen molar-refractivity contribution in [1.29, 1.82) is 0 Å². The fourth-order valence-electron chi connectivity index (χ4n) is 1.85. The van der Waals surface area contributed by atoms with Gasteiger partial charge >= 0.3 is 5.97 Å². The number of likely N-dealkylation sites (tertiary alicyclic amines) is 1. The normalized spacial score (nSPS) is 20.4. The lowest BCUT2D eigenvalue weighted by Crippen LogP contribution is -2.38. The highest BCUT2D eigenvalue weighted by atomic mass is 16.5. The van der Waals surface area contributed by atoms with E-state index in [4.69, 9.17) is 5.53 Å². The largest absolute Gasteiger partial charge is 0.469 e. The van der Waals surface area contributed by atoms with Crippen molar-refractivity contribution in [3.63, 3.8) is 0 Å². The quantitative estimate of drug-likeness (QED) is 0.305.